The van der Waals surface area contributed by atoms with Crippen molar-refractivity contribution in [2.75, 3.05) is 34.4 Å². The third-order valence-corrected chi connectivity index (χ3v) is 4.37. The van der Waals surface area contributed by atoms with Gasteiger partial charge in [-0.3, -0.25) is 4.79 Å². The lowest BCUT2D eigenvalue weighted by Crippen LogP contribution is -2.33. The van der Waals surface area contributed by atoms with E-state index in [4.69, 9.17) is 9.47 Å². The monoisotopic (exact) mass is 382 g/mol. The Balaban J connectivity index is 1.90. The Morgan fingerprint density at radius 1 is 1.07 bits per heavy atom. The van der Waals surface area contributed by atoms with E-state index in [2.05, 4.69) is 17.1 Å². The SMILES string of the molecule is CCCOc1ccc(/C=C/C(=O)NCC(c2ccc(OC)cc2)N(C)C)cc1. The van der Waals surface area contributed by atoms with E-state index in [0.717, 1.165) is 29.0 Å². The maximum atomic E-state index is 12.2. The molecule has 1 N–H and O–H groups in total. The first kappa shape index (κ1) is 21.5. The highest BCUT2D eigenvalue weighted by Gasteiger charge is 2.14. The molecule has 0 aliphatic heterocycles. The van der Waals surface area contributed by atoms with E-state index in [-0.39, 0.29) is 11.9 Å². The number of ether oxygens (including phenoxy) is 2. The molecule has 0 radical (unpaired) electrons. The van der Waals surface area contributed by atoms with Crippen molar-refractivity contribution in [3.05, 3.63) is 65.7 Å². The summed E-state index contributed by atoms with van der Waals surface area (Å²) in [6.45, 7) is 3.30. The highest BCUT2D eigenvalue weighted by molar-refractivity contribution is 5.91. The number of nitrogens with zero attached hydrogens (tertiary/aromatic N) is 1. The normalized spacial score (nSPS) is 12.2. The summed E-state index contributed by atoms with van der Waals surface area (Å²) in [7, 11) is 5.65. The molecule has 1 amide bonds. The summed E-state index contributed by atoms with van der Waals surface area (Å²) in [6, 6.07) is 15.7. The van der Waals surface area contributed by atoms with Crippen molar-refractivity contribution in [2.45, 2.75) is 19.4 Å². The van der Waals surface area contributed by atoms with Crippen LogP contribution in [-0.2, 0) is 4.79 Å². The second-order valence-electron chi connectivity index (χ2n) is 6.75. The van der Waals surface area contributed by atoms with Gasteiger partial charge < -0.3 is 19.7 Å². The minimum absolute atomic E-state index is 0.0817. The van der Waals surface area contributed by atoms with Gasteiger partial charge in [0, 0.05) is 12.6 Å². The van der Waals surface area contributed by atoms with Crippen molar-refractivity contribution >= 4 is 12.0 Å². The van der Waals surface area contributed by atoms with E-state index in [9.17, 15) is 4.79 Å². The van der Waals surface area contributed by atoms with E-state index in [0.29, 0.717) is 13.2 Å². The molecule has 28 heavy (non-hydrogen) atoms. The third kappa shape index (κ3) is 6.74. The Morgan fingerprint density at radius 3 is 2.29 bits per heavy atom. The Labute approximate surface area is 168 Å². The maximum Gasteiger partial charge on any atom is 0.244 e. The van der Waals surface area contributed by atoms with Crippen LogP contribution in [0.1, 0.15) is 30.5 Å². The summed E-state index contributed by atoms with van der Waals surface area (Å²) in [4.78, 5) is 14.3. The number of likely N-dealkylation sites (N-methyl/N-ethyl adjacent to an activating group) is 1. The Bertz CT molecular complexity index is 752. The predicted octanol–water partition coefficient (Wildman–Crippen LogP) is 3.92. The fourth-order valence-electron chi connectivity index (χ4n) is 2.75. The zero-order valence-electron chi connectivity index (χ0n) is 17.1. The van der Waals surface area contributed by atoms with E-state index in [1.807, 2.05) is 62.6 Å². The van der Waals surface area contributed by atoms with Crippen LogP contribution < -0.4 is 14.8 Å². The second kappa shape index (κ2) is 11.1. The molecule has 2 aromatic rings. The van der Waals surface area contributed by atoms with Crippen LogP contribution >= 0.6 is 0 Å². The number of nitrogens with one attached hydrogen (secondary N) is 1. The van der Waals surface area contributed by atoms with E-state index in [1.54, 1.807) is 19.3 Å². The van der Waals surface area contributed by atoms with Gasteiger partial charge in [0.2, 0.25) is 5.91 Å². The zero-order chi connectivity index (χ0) is 20.4. The number of amides is 1. The minimum Gasteiger partial charge on any atom is -0.497 e. The van der Waals surface area contributed by atoms with Gasteiger partial charge in [0.1, 0.15) is 11.5 Å². The van der Waals surface area contributed by atoms with Gasteiger partial charge in [0.25, 0.3) is 0 Å². The fraction of sp³-hybridized carbons (Fsp3) is 0.348. The van der Waals surface area contributed by atoms with Crippen LogP contribution in [0, 0.1) is 0 Å². The number of methoxy groups -OCH3 is 1. The summed E-state index contributed by atoms with van der Waals surface area (Å²) in [6.07, 6.45) is 4.34. The molecule has 0 aromatic heterocycles. The van der Waals surface area contributed by atoms with Gasteiger partial charge in [-0.15, -0.1) is 0 Å². The molecule has 0 spiro atoms. The van der Waals surface area contributed by atoms with E-state index >= 15 is 0 Å². The molecule has 5 nitrogen and oxygen atoms in total. The van der Waals surface area contributed by atoms with Gasteiger partial charge in [-0.25, -0.2) is 0 Å². The predicted molar refractivity (Wildman–Crippen MR) is 114 cm³/mol. The number of carbonyl (C=O) groups excluding carboxylic acids is 1. The fourth-order valence-corrected chi connectivity index (χ4v) is 2.75. The highest BCUT2D eigenvalue weighted by atomic mass is 16.5. The van der Waals surface area contributed by atoms with Crippen LogP contribution in [0.15, 0.2) is 54.6 Å². The zero-order valence-corrected chi connectivity index (χ0v) is 17.1. The average molecular weight is 383 g/mol. The molecular formula is C23H30N2O3. The smallest absolute Gasteiger partial charge is 0.244 e. The summed E-state index contributed by atoms with van der Waals surface area (Å²) in [5.41, 5.74) is 2.08. The van der Waals surface area contributed by atoms with Crippen LogP contribution in [0.25, 0.3) is 6.08 Å². The Morgan fingerprint density at radius 2 is 1.71 bits per heavy atom. The number of benzene rings is 2. The molecule has 0 saturated carbocycles. The molecule has 1 unspecified atom stereocenters. The first-order chi connectivity index (χ1) is 13.5. The van der Waals surface area contributed by atoms with Gasteiger partial charge in [0.05, 0.1) is 19.8 Å². The molecule has 2 rings (SSSR count). The molecule has 0 bridgehead atoms. The first-order valence-electron chi connectivity index (χ1n) is 9.52. The molecule has 0 saturated heterocycles. The van der Waals surface area contributed by atoms with Gasteiger partial charge in [0.15, 0.2) is 0 Å². The summed E-state index contributed by atoms with van der Waals surface area (Å²) in [5, 5.41) is 2.98. The van der Waals surface area contributed by atoms with Crippen LogP contribution in [-0.4, -0.2) is 45.2 Å². The first-order valence-corrected chi connectivity index (χ1v) is 9.52. The molecule has 2 aromatic carbocycles. The summed E-state index contributed by atoms with van der Waals surface area (Å²) >= 11 is 0. The minimum atomic E-state index is -0.119. The summed E-state index contributed by atoms with van der Waals surface area (Å²) in [5.74, 6) is 1.54. The number of hydrogen-bond acceptors (Lipinski definition) is 4. The average Bonchev–Trinajstić information content (AvgIpc) is 2.71. The Hall–Kier alpha value is -2.79. The standard InChI is InChI=1S/C23H30N2O3/c1-5-16-28-21-11-6-18(7-12-21)8-15-23(26)24-17-22(25(2)3)19-9-13-20(27-4)14-10-19/h6-15,22H,5,16-17H2,1-4H3,(H,24,26)/b15-8+. The topological polar surface area (TPSA) is 50.8 Å². The van der Waals surface area contributed by atoms with Crippen LogP contribution in [0.5, 0.6) is 11.5 Å². The van der Waals surface area contributed by atoms with Crippen LogP contribution in [0.3, 0.4) is 0 Å². The van der Waals surface area contributed by atoms with Crippen molar-refractivity contribution in [2.24, 2.45) is 0 Å². The third-order valence-electron chi connectivity index (χ3n) is 4.37. The lowest BCUT2D eigenvalue weighted by Gasteiger charge is -2.25. The maximum absolute atomic E-state index is 12.2. The van der Waals surface area contributed by atoms with E-state index in [1.165, 1.54) is 0 Å². The van der Waals surface area contributed by atoms with Crippen molar-refractivity contribution in [3.8, 4) is 11.5 Å². The second-order valence-corrected chi connectivity index (χ2v) is 6.75. The molecule has 5 heteroatoms. The number of rotatable bonds is 10. The van der Waals surface area contributed by atoms with E-state index < -0.39 is 0 Å². The van der Waals surface area contributed by atoms with Gasteiger partial charge in [-0.1, -0.05) is 31.2 Å². The van der Waals surface area contributed by atoms with Crippen LogP contribution in [0.2, 0.25) is 0 Å². The lowest BCUT2D eigenvalue weighted by molar-refractivity contribution is -0.116. The quantitative estimate of drug-likeness (QED) is 0.633. The molecule has 0 heterocycles. The molecule has 0 aliphatic carbocycles. The number of carbonyl (C=O) groups is 1. The van der Waals surface area contributed by atoms with Crippen LogP contribution in [0.4, 0.5) is 0 Å². The largest absolute Gasteiger partial charge is 0.497 e. The van der Waals surface area contributed by atoms with Gasteiger partial charge in [-0.2, -0.15) is 0 Å². The van der Waals surface area contributed by atoms with Crippen molar-refractivity contribution < 1.29 is 14.3 Å². The summed E-state index contributed by atoms with van der Waals surface area (Å²) < 4.78 is 10.8. The number of hydrogen-bond donors (Lipinski definition) is 1. The van der Waals surface area contributed by atoms with Gasteiger partial charge >= 0.3 is 0 Å². The van der Waals surface area contributed by atoms with Gasteiger partial charge in [-0.05, 0) is 62.0 Å². The lowest BCUT2D eigenvalue weighted by atomic mass is 10.1. The molecule has 0 fully saturated rings. The molecular weight excluding hydrogens is 352 g/mol. The molecule has 1 atom stereocenters. The van der Waals surface area contributed by atoms with Crippen molar-refractivity contribution in [1.29, 1.82) is 0 Å². The molecule has 0 aliphatic rings. The van der Waals surface area contributed by atoms with Crippen molar-refractivity contribution in [1.82, 2.24) is 10.2 Å². The van der Waals surface area contributed by atoms with Crippen molar-refractivity contribution in [3.63, 3.8) is 0 Å². The molecule has 150 valence electrons. The highest BCUT2D eigenvalue weighted by Crippen LogP contribution is 2.20. The Kier molecular flexibility index (Phi) is 8.56.